The molecule has 1 amide bonds. The first-order valence-corrected chi connectivity index (χ1v) is 8.11. The Balaban J connectivity index is 1.97. The molecule has 1 atom stereocenters. The lowest BCUT2D eigenvalue weighted by Crippen LogP contribution is -2.47. The standard InChI is InChI=1S/C17H24N2O3/c1-4-12-17(20)19(6-5-11(2)3)14-10-16-15(9-13(14)18-12)21-7-8-22-16/h9-12,18H,4-8H2,1-3H3. The lowest BCUT2D eigenvalue weighted by Gasteiger charge is -2.36. The van der Waals surface area contributed by atoms with Crippen molar-refractivity contribution < 1.29 is 14.3 Å². The van der Waals surface area contributed by atoms with E-state index in [4.69, 9.17) is 9.47 Å². The van der Waals surface area contributed by atoms with Gasteiger partial charge in [0.15, 0.2) is 11.5 Å². The highest BCUT2D eigenvalue weighted by Crippen LogP contribution is 2.42. The molecule has 0 saturated heterocycles. The number of rotatable bonds is 4. The minimum absolute atomic E-state index is 0.146. The molecule has 0 radical (unpaired) electrons. The van der Waals surface area contributed by atoms with E-state index in [2.05, 4.69) is 19.2 Å². The van der Waals surface area contributed by atoms with Gasteiger partial charge in [0, 0.05) is 18.7 Å². The Hall–Kier alpha value is -1.91. The van der Waals surface area contributed by atoms with Crippen LogP contribution in [0.15, 0.2) is 12.1 Å². The largest absolute Gasteiger partial charge is 0.486 e. The normalized spacial score (nSPS) is 19.9. The highest BCUT2D eigenvalue weighted by atomic mass is 16.6. The van der Waals surface area contributed by atoms with Gasteiger partial charge in [0.05, 0.1) is 11.4 Å². The Morgan fingerprint density at radius 2 is 1.95 bits per heavy atom. The van der Waals surface area contributed by atoms with Crippen LogP contribution in [0.5, 0.6) is 11.5 Å². The number of nitrogens with one attached hydrogen (secondary N) is 1. The number of benzene rings is 1. The molecule has 0 aromatic heterocycles. The summed E-state index contributed by atoms with van der Waals surface area (Å²) in [4.78, 5) is 14.6. The van der Waals surface area contributed by atoms with Gasteiger partial charge in [0.1, 0.15) is 19.3 Å². The lowest BCUT2D eigenvalue weighted by atomic mass is 10.0. The molecule has 1 N–H and O–H groups in total. The summed E-state index contributed by atoms with van der Waals surface area (Å²) >= 11 is 0. The molecule has 0 saturated carbocycles. The van der Waals surface area contributed by atoms with Crippen LogP contribution in [0.4, 0.5) is 11.4 Å². The fourth-order valence-electron chi connectivity index (χ4n) is 2.87. The quantitative estimate of drug-likeness (QED) is 0.929. The second kappa shape index (κ2) is 6.07. The fourth-order valence-corrected chi connectivity index (χ4v) is 2.87. The molecule has 22 heavy (non-hydrogen) atoms. The van der Waals surface area contributed by atoms with Gasteiger partial charge in [-0.3, -0.25) is 4.79 Å². The fraction of sp³-hybridized carbons (Fsp3) is 0.588. The molecule has 0 bridgehead atoms. The molecule has 2 aliphatic rings. The van der Waals surface area contributed by atoms with E-state index in [1.54, 1.807) is 0 Å². The summed E-state index contributed by atoms with van der Waals surface area (Å²) in [6, 6.07) is 3.73. The number of carbonyl (C=O) groups is 1. The molecule has 3 rings (SSSR count). The molecule has 1 aromatic carbocycles. The van der Waals surface area contributed by atoms with Gasteiger partial charge in [-0.15, -0.1) is 0 Å². The molecule has 5 nitrogen and oxygen atoms in total. The molecule has 1 aromatic rings. The molecule has 1 unspecified atom stereocenters. The SMILES string of the molecule is CCC1Nc2cc3c(cc2N(CCC(C)C)C1=O)OCCO3. The number of hydrogen-bond donors (Lipinski definition) is 1. The van der Waals surface area contributed by atoms with Crippen LogP contribution in [-0.4, -0.2) is 31.7 Å². The Bertz CT molecular complexity index is 571. The predicted octanol–water partition coefficient (Wildman–Crippen LogP) is 3.04. The van der Waals surface area contributed by atoms with Crippen molar-refractivity contribution in [1.82, 2.24) is 0 Å². The number of anilines is 2. The Labute approximate surface area is 131 Å². The van der Waals surface area contributed by atoms with Crippen molar-refractivity contribution in [2.24, 2.45) is 5.92 Å². The van der Waals surface area contributed by atoms with E-state index in [1.807, 2.05) is 24.0 Å². The summed E-state index contributed by atoms with van der Waals surface area (Å²) < 4.78 is 11.3. The number of fused-ring (bicyclic) bond motifs is 2. The van der Waals surface area contributed by atoms with Gasteiger partial charge in [-0.2, -0.15) is 0 Å². The topological polar surface area (TPSA) is 50.8 Å². The monoisotopic (exact) mass is 304 g/mol. The molecular formula is C17H24N2O3. The number of hydrogen-bond acceptors (Lipinski definition) is 4. The average Bonchev–Trinajstić information content (AvgIpc) is 2.51. The van der Waals surface area contributed by atoms with Crippen molar-refractivity contribution in [2.75, 3.05) is 30.0 Å². The zero-order valence-electron chi connectivity index (χ0n) is 13.5. The average molecular weight is 304 g/mol. The number of nitrogens with zero attached hydrogens (tertiary/aromatic N) is 1. The third-order valence-corrected chi connectivity index (χ3v) is 4.18. The van der Waals surface area contributed by atoms with Gasteiger partial charge >= 0.3 is 0 Å². The third kappa shape index (κ3) is 2.72. The first kappa shape index (κ1) is 15.0. The highest BCUT2D eigenvalue weighted by Gasteiger charge is 2.33. The number of carbonyl (C=O) groups excluding carboxylic acids is 1. The van der Waals surface area contributed by atoms with Gasteiger partial charge in [0.2, 0.25) is 5.91 Å². The molecule has 2 heterocycles. The van der Waals surface area contributed by atoms with Crippen molar-refractivity contribution >= 4 is 17.3 Å². The van der Waals surface area contributed by atoms with Gasteiger partial charge in [0.25, 0.3) is 0 Å². The summed E-state index contributed by atoms with van der Waals surface area (Å²) in [6.07, 6.45) is 1.75. The number of ether oxygens (including phenoxy) is 2. The first-order chi connectivity index (χ1) is 10.6. The maximum atomic E-state index is 12.7. The Kier molecular flexibility index (Phi) is 4.14. The van der Waals surface area contributed by atoms with Gasteiger partial charge in [-0.05, 0) is 18.8 Å². The highest BCUT2D eigenvalue weighted by molar-refractivity contribution is 6.05. The van der Waals surface area contributed by atoms with E-state index in [0.717, 1.165) is 42.3 Å². The lowest BCUT2D eigenvalue weighted by molar-refractivity contribution is -0.119. The summed E-state index contributed by atoms with van der Waals surface area (Å²) in [7, 11) is 0. The Morgan fingerprint density at radius 1 is 1.27 bits per heavy atom. The Morgan fingerprint density at radius 3 is 2.59 bits per heavy atom. The minimum atomic E-state index is -0.165. The zero-order valence-corrected chi connectivity index (χ0v) is 13.5. The smallest absolute Gasteiger partial charge is 0.249 e. The summed E-state index contributed by atoms with van der Waals surface area (Å²) in [5.74, 6) is 2.19. The third-order valence-electron chi connectivity index (χ3n) is 4.18. The molecule has 0 fully saturated rings. The van der Waals surface area contributed by atoms with E-state index in [9.17, 15) is 4.79 Å². The van der Waals surface area contributed by atoms with Crippen LogP contribution in [0.2, 0.25) is 0 Å². The molecule has 0 aliphatic carbocycles. The van der Waals surface area contributed by atoms with E-state index >= 15 is 0 Å². The van der Waals surface area contributed by atoms with E-state index < -0.39 is 0 Å². The maximum Gasteiger partial charge on any atom is 0.249 e. The second-order valence-corrected chi connectivity index (χ2v) is 6.29. The zero-order chi connectivity index (χ0) is 15.7. The maximum absolute atomic E-state index is 12.7. The summed E-state index contributed by atoms with van der Waals surface area (Å²) in [6.45, 7) is 8.24. The van der Waals surface area contributed by atoms with Crippen LogP contribution >= 0.6 is 0 Å². The van der Waals surface area contributed by atoms with Gasteiger partial charge in [-0.25, -0.2) is 0 Å². The number of amides is 1. The van der Waals surface area contributed by atoms with Crippen LogP contribution in [0.25, 0.3) is 0 Å². The van der Waals surface area contributed by atoms with Crippen molar-refractivity contribution in [3.05, 3.63) is 12.1 Å². The molecule has 0 spiro atoms. The molecule has 120 valence electrons. The second-order valence-electron chi connectivity index (χ2n) is 6.29. The summed E-state index contributed by atoms with van der Waals surface area (Å²) in [5.41, 5.74) is 1.86. The van der Waals surface area contributed by atoms with Crippen LogP contribution in [0.1, 0.15) is 33.6 Å². The van der Waals surface area contributed by atoms with Gasteiger partial charge < -0.3 is 19.7 Å². The summed E-state index contributed by atoms with van der Waals surface area (Å²) in [5, 5.41) is 3.34. The predicted molar refractivity (Wildman–Crippen MR) is 86.9 cm³/mol. The van der Waals surface area contributed by atoms with Crippen molar-refractivity contribution in [1.29, 1.82) is 0 Å². The van der Waals surface area contributed by atoms with E-state index in [1.165, 1.54) is 0 Å². The van der Waals surface area contributed by atoms with Crippen LogP contribution in [0.3, 0.4) is 0 Å². The van der Waals surface area contributed by atoms with Crippen molar-refractivity contribution in [3.8, 4) is 11.5 Å². The molecule has 2 aliphatic heterocycles. The van der Waals surface area contributed by atoms with Gasteiger partial charge in [-0.1, -0.05) is 20.8 Å². The molecular weight excluding hydrogens is 280 g/mol. The minimum Gasteiger partial charge on any atom is -0.486 e. The van der Waals surface area contributed by atoms with Crippen molar-refractivity contribution in [3.63, 3.8) is 0 Å². The van der Waals surface area contributed by atoms with E-state index in [-0.39, 0.29) is 11.9 Å². The van der Waals surface area contributed by atoms with E-state index in [0.29, 0.717) is 19.1 Å². The van der Waals surface area contributed by atoms with Crippen molar-refractivity contribution in [2.45, 2.75) is 39.7 Å². The molecule has 5 heteroatoms. The van der Waals surface area contributed by atoms with Crippen LogP contribution in [-0.2, 0) is 4.79 Å². The van der Waals surface area contributed by atoms with Crippen LogP contribution in [0, 0.1) is 5.92 Å². The van der Waals surface area contributed by atoms with Crippen LogP contribution < -0.4 is 19.7 Å². The first-order valence-electron chi connectivity index (χ1n) is 8.11.